The fraction of sp³-hybridized carbons (Fsp3) is 0.667. The Morgan fingerprint density at radius 1 is 1.42 bits per heavy atom. The molecule has 2 fully saturated rings. The van der Waals surface area contributed by atoms with E-state index in [9.17, 15) is 9.59 Å². The number of aromatic nitrogens is 2. The van der Waals surface area contributed by atoms with Gasteiger partial charge in [-0.25, -0.2) is 14.8 Å². The van der Waals surface area contributed by atoms with Crippen molar-refractivity contribution in [1.82, 2.24) is 15.3 Å². The number of thioether (sulfide) groups is 1. The van der Waals surface area contributed by atoms with Gasteiger partial charge in [-0.2, -0.15) is 0 Å². The number of hydrogen-bond donors (Lipinski definition) is 2. The van der Waals surface area contributed by atoms with E-state index in [1.54, 1.807) is 6.92 Å². The van der Waals surface area contributed by atoms with Gasteiger partial charge in [0.25, 0.3) is 0 Å². The zero-order valence-corrected chi connectivity index (χ0v) is 16.1. The highest BCUT2D eigenvalue weighted by atomic mass is 32.2. The SMILES string of the molecule is CCOC(=O)c1cnc(SCC(=O)NC(C)C2CC3CCC2C3)nc1N. The molecule has 26 heavy (non-hydrogen) atoms. The van der Waals surface area contributed by atoms with Crippen LogP contribution in [0.5, 0.6) is 0 Å². The molecule has 0 saturated heterocycles. The van der Waals surface area contributed by atoms with Crippen molar-refractivity contribution in [1.29, 1.82) is 0 Å². The van der Waals surface area contributed by atoms with Crippen molar-refractivity contribution < 1.29 is 14.3 Å². The summed E-state index contributed by atoms with van der Waals surface area (Å²) in [5.41, 5.74) is 5.94. The van der Waals surface area contributed by atoms with E-state index in [4.69, 9.17) is 10.5 Å². The molecule has 2 aliphatic rings. The number of nitrogens with zero attached hydrogens (tertiary/aromatic N) is 2. The van der Waals surface area contributed by atoms with Crippen molar-refractivity contribution in [3.8, 4) is 0 Å². The smallest absolute Gasteiger partial charge is 0.343 e. The molecule has 4 unspecified atom stereocenters. The average Bonchev–Trinajstić information content (AvgIpc) is 3.23. The third kappa shape index (κ3) is 4.28. The van der Waals surface area contributed by atoms with Crippen LogP contribution < -0.4 is 11.1 Å². The monoisotopic (exact) mass is 378 g/mol. The zero-order valence-electron chi connectivity index (χ0n) is 15.2. The first kappa shape index (κ1) is 18.9. The largest absolute Gasteiger partial charge is 0.462 e. The number of esters is 1. The van der Waals surface area contributed by atoms with Crippen LogP contribution in [0.3, 0.4) is 0 Å². The van der Waals surface area contributed by atoms with Crippen molar-refractivity contribution >= 4 is 29.5 Å². The highest BCUT2D eigenvalue weighted by Gasteiger charge is 2.42. The quantitative estimate of drug-likeness (QED) is 0.426. The minimum atomic E-state index is -0.543. The van der Waals surface area contributed by atoms with E-state index >= 15 is 0 Å². The fourth-order valence-corrected chi connectivity index (χ4v) is 4.89. The molecule has 1 heterocycles. The number of carbonyl (C=O) groups is 2. The van der Waals surface area contributed by atoms with Gasteiger partial charge in [0.15, 0.2) is 5.16 Å². The van der Waals surface area contributed by atoms with Crippen LogP contribution >= 0.6 is 11.8 Å². The summed E-state index contributed by atoms with van der Waals surface area (Å²) < 4.78 is 4.89. The van der Waals surface area contributed by atoms with Gasteiger partial charge in [0.05, 0.1) is 12.4 Å². The summed E-state index contributed by atoms with van der Waals surface area (Å²) in [7, 11) is 0. The lowest BCUT2D eigenvalue weighted by molar-refractivity contribution is -0.119. The van der Waals surface area contributed by atoms with Crippen LogP contribution in [0, 0.1) is 17.8 Å². The predicted octanol–water partition coefficient (Wildman–Crippen LogP) is 2.27. The van der Waals surface area contributed by atoms with Crippen LogP contribution in [-0.4, -0.2) is 40.2 Å². The zero-order chi connectivity index (χ0) is 18.7. The summed E-state index contributed by atoms with van der Waals surface area (Å²) in [5, 5.41) is 3.49. The summed E-state index contributed by atoms with van der Waals surface area (Å²) in [6.45, 7) is 4.09. The van der Waals surface area contributed by atoms with Crippen LogP contribution in [0.15, 0.2) is 11.4 Å². The van der Waals surface area contributed by atoms with Gasteiger partial charge in [0.1, 0.15) is 11.4 Å². The Balaban J connectivity index is 1.48. The van der Waals surface area contributed by atoms with Crippen molar-refractivity contribution in [2.45, 2.75) is 50.7 Å². The third-order valence-electron chi connectivity index (χ3n) is 5.45. The number of amides is 1. The molecule has 0 spiro atoms. The molecule has 0 aliphatic heterocycles. The number of ether oxygens (including phenoxy) is 1. The molecule has 4 atom stereocenters. The minimum absolute atomic E-state index is 0.0260. The molecule has 3 rings (SSSR count). The summed E-state index contributed by atoms with van der Waals surface area (Å²) in [5.74, 6) is 1.98. The number of nitrogens with two attached hydrogens (primary N) is 1. The highest BCUT2D eigenvalue weighted by molar-refractivity contribution is 7.99. The van der Waals surface area contributed by atoms with Crippen LogP contribution in [0.2, 0.25) is 0 Å². The summed E-state index contributed by atoms with van der Waals surface area (Å²) >= 11 is 1.21. The second-order valence-electron chi connectivity index (χ2n) is 7.16. The lowest BCUT2D eigenvalue weighted by Crippen LogP contribution is -2.40. The maximum absolute atomic E-state index is 12.2. The van der Waals surface area contributed by atoms with Gasteiger partial charge in [-0.05, 0) is 50.9 Å². The van der Waals surface area contributed by atoms with Crippen molar-refractivity contribution in [2.75, 3.05) is 18.1 Å². The lowest BCUT2D eigenvalue weighted by atomic mass is 9.84. The molecule has 2 saturated carbocycles. The van der Waals surface area contributed by atoms with E-state index in [1.807, 2.05) is 0 Å². The Kier molecular flexibility index (Phi) is 6.01. The molecule has 1 aromatic rings. The lowest BCUT2D eigenvalue weighted by Gasteiger charge is -2.28. The molecule has 8 heteroatoms. The normalized spacial score (nSPS) is 25.1. The first-order valence-corrected chi connectivity index (χ1v) is 10.2. The Bertz CT molecular complexity index is 684. The number of nitrogens with one attached hydrogen (secondary N) is 1. The predicted molar refractivity (Wildman–Crippen MR) is 99.7 cm³/mol. The number of rotatable bonds is 7. The number of carbonyl (C=O) groups excluding carboxylic acids is 2. The van der Waals surface area contributed by atoms with Gasteiger partial charge < -0.3 is 15.8 Å². The molecule has 142 valence electrons. The second kappa shape index (κ2) is 8.24. The molecule has 1 amide bonds. The second-order valence-corrected chi connectivity index (χ2v) is 8.10. The van der Waals surface area contributed by atoms with E-state index in [2.05, 4.69) is 22.2 Å². The molecular weight excluding hydrogens is 352 g/mol. The summed E-state index contributed by atoms with van der Waals surface area (Å²) in [6, 6.07) is 0.204. The summed E-state index contributed by atoms with van der Waals surface area (Å²) in [6.07, 6.45) is 6.59. The fourth-order valence-electron chi connectivity index (χ4n) is 4.25. The van der Waals surface area contributed by atoms with E-state index in [1.165, 1.54) is 43.6 Å². The maximum Gasteiger partial charge on any atom is 0.343 e. The van der Waals surface area contributed by atoms with Crippen LogP contribution in [-0.2, 0) is 9.53 Å². The molecule has 2 bridgehead atoms. The maximum atomic E-state index is 12.2. The molecule has 7 nitrogen and oxygen atoms in total. The van der Waals surface area contributed by atoms with Gasteiger partial charge >= 0.3 is 5.97 Å². The first-order valence-electron chi connectivity index (χ1n) is 9.19. The van der Waals surface area contributed by atoms with Gasteiger partial charge in [0.2, 0.25) is 5.91 Å². The Labute approximate surface area is 157 Å². The Hall–Kier alpha value is -1.83. The highest BCUT2D eigenvalue weighted by Crippen LogP contribution is 2.49. The van der Waals surface area contributed by atoms with E-state index in [0.29, 0.717) is 11.1 Å². The molecule has 0 aromatic carbocycles. The third-order valence-corrected chi connectivity index (χ3v) is 6.31. The molecule has 3 N–H and O–H groups in total. The van der Waals surface area contributed by atoms with Gasteiger partial charge in [-0.1, -0.05) is 18.2 Å². The molecular formula is C18H26N4O3S. The van der Waals surface area contributed by atoms with E-state index in [0.717, 1.165) is 11.8 Å². The number of anilines is 1. The topological polar surface area (TPSA) is 107 Å². The number of nitrogen functional groups attached to an aromatic ring is 1. The van der Waals surface area contributed by atoms with Crippen LogP contribution in [0.1, 0.15) is 49.9 Å². The first-order chi connectivity index (χ1) is 12.5. The number of hydrogen-bond acceptors (Lipinski definition) is 7. The Morgan fingerprint density at radius 2 is 2.23 bits per heavy atom. The average molecular weight is 378 g/mol. The van der Waals surface area contributed by atoms with Crippen molar-refractivity contribution in [3.63, 3.8) is 0 Å². The standard InChI is InChI=1S/C18H26N4O3S/c1-3-25-17(24)14-8-20-18(22-16(14)19)26-9-15(23)21-10(2)13-7-11-4-5-12(13)6-11/h8,10-13H,3-7,9H2,1-2H3,(H,21,23)(H2,19,20,22). The van der Waals surface area contributed by atoms with E-state index in [-0.39, 0.29) is 35.7 Å². The van der Waals surface area contributed by atoms with Gasteiger partial charge in [-0.15, -0.1) is 0 Å². The summed E-state index contributed by atoms with van der Waals surface area (Å²) in [4.78, 5) is 32.1. The minimum Gasteiger partial charge on any atom is -0.462 e. The molecule has 2 aliphatic carbocycles. The molecule has 1 aromatic heterocycles. The Morgan fingerprint density at radius 3 is 2.85 bits per heavy atom. The molecule has 0 radical (unpaired) electrons. The van der Waals surface area contributed by atoms with Gasteiger partial charge in [0, 0.05) is 12.2 Å². The van der Waals surface area contributed by atoms with Crippen molar-refractivity contribution in [2.24, 2.45) is 17.8 Å². The van der Waals surface area contributed by atoms with Crippen LogP contribution in [0.25, 0.3) is 0 Å². The van der Waals surface area contributed by atoms with E-state index < -0.39 is 5.97 Å². The van der Waals surface area contributed by atoms with Crippen molar-refractivity contribution in [3.05, 3.63) is 11.8 Å². The van der Waals surface area contributed by atoms with Gasteiger partial charge in [-0.3, -0.25) is 4.79 Å². The van der Waals surface area contributed by atoms with Crippen LogP contribution in [0.4, 0.5) is 5.82 Å². The number of fused-ring (bicyclic) bond motifs is 2.